The van der Waals surface area contributed by atoms with E-state index in [0.29, 0.717) is 42.3 Å². The monoisotopic (exact) mass is 712 g/mol. The van der Waals surface area contributed by atoms with Gasteiger partial charge in [0.25, 0.3) is 0 Å². The SMILES string of the molecule is COCOc1ccccc1-c1cc2c(nn1)c(NC(=O)OC(C)(C)C)nn2C1CCN(c2ccnc(C3=CCN(C(=O)OC(C)(C)C)CC3)c2)CC1. The molecule has 0 saturated carbocycles. The van der Waals surface area contributed by atoms with Crippen molar-refractivity contribution in [2.24, 2.45) is 0 Å². The minimum absolute atomic E-state index is 0.0335. The van der Waals surface area contributed by atoms with E-state index in [2.05, 4.69) is 37.5 Å². The summed E-state index contributed by atoms with van der Waals surface area (Å²) in [4.78, 5) is 34.1. The molecule has 6 rings (SSSR count). The van der Waals surface area contributed by atoms with E-state index in [1.165, 1.54) is 0 Å². The number of amides is 2. The average Bonchev–Trinajstić information content (AvgIpc) is 3.46. The second kappa shape index (κ2) is 15.2. The molecule has 0 radical (unpaired) electrons. The van der Waals surface area contributed by atoms with Gasteiger partial charge in [-0.2, -0.15) is 5.10 Å². The lowest BCUT2D eigenvalue weighted by molar-refractivity contribution is 0.0270. The molecule has 5 heterocycles. The maximum atomic E-state index is 12.8. The average molecular weight is 713 g/mol. The summed E-state index contributed by atoms with van der Waals surface area (Å²) in [6, 6.07) is 13.7. The Hall–Kier alpha value is -5.24. The molecule has 0 unspecified atom stereocenters. The standard InChI is InChI=1S/C38H48N8O6/c1-37(2,3)51-35(47)40-34-33-31(23-30(41-42-33)28-10-8-9-11-32(28)50-24-49-7)46(43-34)26-15-20-44(21-16-26)27-12-17-39-29(22-27)25-13-18-45(19-14-25)36(48)52-38(4,5)6/h8-13,17,22-23,26H,14-16,18-21,24H2,1-7H3,(H,40,43,47). The van der Waals surface area contributed by atoms with Gasteiger partial charge in [0.1, 0.15) is 17.0 Å². The molecule has 1 N–H and O–H groups in total. The molecule has 1 saturated heterocycles. The van der Waals surface area contributed by atoms with E-state index in [4.69, 9.17) is 24.0 Å². The summed E-state index contributed by atoms with van der Waals surface area (Å²) in [6.45, 7) is 13.8. The maximum absolute atomic E-state index is 12.8. The second-order valence-corrected chi connectivity index (χ2v) is 15.0. The molecule has 52 heavy (non-hydrogen) atoms. The minimum atomic E-state index is -0.680. The van der Waals surface area contributed by atoms with Crippen molar-refractivity contribution in [3.63, 3.8) is 0 Å². The molecular weight excluding hydrogens is 664 g/mol. The Labute approximate surface area is 304 Å². The Morgan fingerprint density at radius 3 is 2.37 bits per heavy atom. The fourth-order valence-corrected chi connectivity index (χ4v) is 6.31. The number of carbonyl (C=O) groups is 2. The van der Waals surface area contributed by atoms with E-state index in [1.54, 1.807) is 12.0 Å². The van der Waals surface area contributed by atoms with E-state index in [1.807, 2.05) is 88.8 Å². The number of hydrogen-bond acceptors (Lipinski definition) is 11. The first-order chi connectivity index (χ1) is 24.8. The number of para-hydroxylation sites is 1. The zero-order valence-electron chi connectivity index (χ0n) is 31.0. The van der Waals surface area contributed by atoms with Crippen LogP contribution in [0.25, 0.3) is 27.9 Å². The van der Waals surface area contributed by atoms with Gasteiger partial charge in [0.15, 0.2) is 18.1 Å². The van der Waals surface area contributed by atoms with Gasteiger partial charge in [-0.25, -0.2) is 9.59 Å². The first kappa shape index (κ1) is 36.5. The van der Waals surface area contributed by atoms with Crippen molar-refractivity contribution in [3.05, 3.63) is 60.4 Å². The highest BCUT2D eigenvalue weighted by molar-refractivity contribution is 5.96. The van der Waals surface area contributed by atoms with Crippen molar-refractivity contribution >= 4 is 40.3 Å². The van der Waals surface area contributed by atoms with E-state index in [0.717, 1.165) is 54.0 Å². The molecule has 276 valence electrons. The van der Waals surface area contributed by atoms with Crippen molar-refractivity contribution in [2.45, 2.75) is 78.0 Å². The summed E-state index contributed by atoms with van der Waals surface area (Å²) in [5, 5.41) is 16.7. The molecule has 0 atom stereocenters. The predicted octanol–water partition coefficient (Wildman–Crippen LogP) is 7.08. The summed E-state index contributed by atoms with van der Waals surface area (Å²) < 4.78 is 24.0. The number of pyridine rings is 1. The number of aromatic nitrogens is 5. The topological polar surface area (TPSA) is 146 Å². The van der Waals surface area contributed by atoms with Crippen molar-refractivity contribution in [1.29, 1.82) is 0 Å². The molecule has 0 aliphatic carbocycles. The Kier molecular flexibility index (Phi) is 10.7. The van der Waals surface area contributed by atoms with Crippen molar-refractivity contribution in [2.75, 3.05) is 50.3 Å². The third-order valence-corrected chi connectivity index (χ3v) is 8.68. The van der Waals surface area contributed by atoms with Gasteiger partial charge in [-0.15, -0.1) is 10.2 Å². The molecule has 0 spiro atoms. The third kappa shape index (κ3) is 8.79. The van der Waals surface area contributed by atoms with E-state index >= 15 is 0 Å². The molecule has 2 aliphatic heterocycles. The Morgan fingerprint density at radius 2 is 1.67 bits per heavy atom. The van der Waals surface area contributed by atoms with Crippen LogP contribution in [0.3, 0.4) is 0 Å². The number of fused-ring (bicyclic) bond motifs is 1. The van der Waals surface area contributed by atoms with Crippen molar-refractivity contribution < 1.29 is 28.5 Å². The maximum Gasteiger partial charge on any atom is 0.413 e. The highest BCUT2D eigenvalue weighted by atomic mass is 16.7. The number of hydrogen-bond donors (Lipinski definition) is 1. The van der Waals surface area contributed by atoms with E-state index in [-0.39, 0.29) is 18.9 Å². The molecular formula is C38H48N8O6. The number of rotatable bonds is 8. The van der Waals surface area contributed by atoms with Gasteiger partial charge in [0.05, 0.1) is 22.9 Å². The van der Waals surface area contributed by atoms with Gasteiger partial charge >= 0.3 is 12.2 Å². The molecule has 14 heteroatoms. The van der Waals surface area contributed by atoms with Crippen LogP contribution in [0.4, 0.5) is 21.1 Å². The molecule has 1 aromatic carbocycles. The van der Waals surface area contributed by atoms with Gasteiger partial charge < -0.3 is 28.7 Å². The smallest absolute Gasteiger partial charge is 0.413 e. The number of anilines is 2. The summed E-state index contributed by atoms with van der Waals surface area (Å²) in [5.41, 5.74) is 4.50. The zero-order chi connectivity index (χ0) is 37.0. The largest absolute Gasteiger partial charge is 0.467 e. The zero-order valence-corrected chi connectivity index (χ0v) is 31.0. The molecule has 14 nitrogen and oxygen atoms in total. The van der Waals surface area contributed by atoms with Crippen LogP contribution in [0.1, 0.15) is 72.5 Å². The number of carbonyl (C=O) groups excluding carboxylic acids is 2. The first-order valence-corrected chi connectivity index (χ1v) is 17.6. The third-order valence-electron chi connectivity index (χ3n) is 8.68. The predicted molar refractivity (Wildman–Crippen MR) is 198 cm³/mol. The lowest BCUT2D eigenvalue weighted by atomic mass is 10.0. The van der Waals surface area contributed by atoms with E-state index in [9.17, 15) is 9.59 Å². The van der Waals surface area contributed by atoms with E-state index < -0.39 is 17.3 Å². The fraction of sp³-hybridized carbons (Fsp3) is 0.474. The van der Waals surface area contributed by atoms with Crippen LogP contribution >= 0.6 is 0 Å². The molecule has 4 aromatic rings. The van der Waals surface area contributed by atoms with Crippen LogP contribution in [0.15, 0.2) is 54.7 Å². The normalized spacial score (nSPS) is 15.7. The highest BCUT2D eigenvalue weighted by Gasteiger charge is 2.28. The lowest BCUT2D eigenvalue weighted by Gasteiger charge is -2.34. The number of benzene rings is 1. The van der Waals surface area contributed by atoms with Crippen LogP contribution in [-0.4, -0.2) is 93.3 Å². The summed E-state index contributed by atoms with van der Waals surface area (Å²) in [5.74, 6) is 0.907. The fourth-order valence-electron chi connectivity index (χ4n) is 6.31. The Bertz CT molecular complexity index is 1940. The molecule has 2 amide bonds. The Balaban J connectivity index is 1.21. The highest BCUT2D eigenvalue weighted by Crippen LogP contribution is 2.35. The molecule has 2 aliphatic rings. The van der Waals surface area contributed by atoms with Gasteiger partial charge in [-0.3, -0.25) is 15.0 Å². The number of ether oxygens (including phenoxy) is 4. The van der Waals surface area contributed by atoms with Crippen LogP contribution in [-0.2, 0) is 14.2 Å². The summed E-state index contributed by atoms with van der Waals surface area (Å²) in [7, 11) is 1.57. The lowest BCUT2D eigenvalue weighted by Crippen LogP contribution is -2.39. The number of nitrogens with one attached hydrogen (secondary N) is 1. The van der Waals surface area contributed by atoms with Gasteiger partial charge in [0.2, 0.25) is 0 Å². The number of methoxy groups -OCH3 is 1. The van der Waals surface area contributed by atoms with Gasteiger partial charge in [-0.1, -0.05) is 18.2 Å². The number of piperidine rings is 1. The van der Waals surface area contributed by atoms with Gasteiger partial charge in [-0.05, 0) is 96.7 Å². The van der Waals surface area contributed by atoms with Crippen LogP contribution in [0.2, 0.25) is 0 Å². The van der Waals surface area contributed by atoms with Crippen LogP contribution in [0.5, 0.6) is 5.75 Å². The quantitative estimate of drug-likeness (QED) is 0.187. The van der Waals surface area contributed by atoms with Crippen LogP contribution in [0, 0.1) is 0 Å². The summed E-state index contributed by atoms with van der Waals surface area (Å²) >= 11 is 0. The molecule has 0 bridgehead atoms. The molecule has 3 aromatic heterocycles. The van der Waals surface area contributed by atoms with Crippen molar-refractivity contribution in [3.8, 4) is 17.0 Å². The van der Waals surface area contributed by atoms with Crippen LogP contribution < -0.4 is 15.0 Å². The first-order valence-electron chi connectivity index (χ1n) is 17.6. The molecule has 1 fully saturated rings. The Morgan fingerprint density at radius 1 is 0.923 bits per heavy atom. The minimum Gasteiger partial charge on any atom is -0.467 e. The summed E-state index contributed by atoms with van der Waals surface area (Å²) in [6.07, 6.45) is 5.32. The van der Waals surface area contributed by atoms with Gasteiger partial charge in [0, 0.05) is 50.7 Å². The van der Waals surface area contributed by atoms with Crippen molar-refractivity contribution in [1.82, 2.24) is 29.9 Å². The number of nitrogens with zero attached hydrogens (tertiary/aromatic N) is 7. The second-order valence-electron chi connectivity index (χ2n) is 15.0.